The van der Waals surface area contributed by atoms with Crippen molar-refractivity contribution in [1.29, 1.82) is 0 Å². The van der Waals surface area contributed by atoms with Crippen molar-refractivity contribution in [3.05, 3.63) is 42.3 Å². The third-order valence-corrected chi connectivity index (χ3v) is 3.80. The number of allylic oxidation sites excluding steroid dienone is 1. The topological polar surface area (TPSA) is 62.3 Å². The molecular formula is C14H15N3O2. The predicted octanol–water partition coefficient (Wildman–Crippen LogP) is 0.948. The summed E-state index contributed by atoms with van der Waals surface area (Å²) >= 11 is 0. The van der Waals surface area contributed by atoms with E-state index in [0.717, 1.165) is 5.70 Å². The Balaban J connectivity index is 1.77. The fourth-order valence-electron chi connectivity index (χ4n) is 2.81. The van der Waals surface area contributed by atoms with E-state index < -0.39 is 5.41 Å². The second-order valence-corrected chi connectivity index (χ2v) is 5.13. The van der Waals surface area contributed by atoms with Gasteiger partial charge in [-0.2, -0.15) is 0 Å². The third kappa shape index (κ3) is 1.91. The van der Waals surface area contributed by atoms with Crippen molar-refractivity contribution in [3.63, 3.8) is 0 Å². The number of aromatic nitrogens is 1. The summed E-state index contributed by atoms with van der Waals surface area (Å²) in [6.45, 7) is 4.74. The Morgan fingerprint density at radius 2 is 2.47 bits per heavy atom. The molecule has 1 aromatic heterocycles. The SMILES string of the molecule is [3H]c1ccc(C(=O)N2CCC3(CC(=C)NC3=O)C2)nc1. The first-order valence-corrected chi connectivity index (χ1v) is 6.21. The van der Waals surface area contributed by atoms with E-state index in [-0.39, 0.29) is 17.9 Å². The lowest BCUT2D eigenvalue weighted by molar-refractivity contribution is -0.126. The van der Waals surface area contributed by atoms with Crippen LogP contribution in [0.2, 0.25) is 0 Å². The summed E-state index contributed by atoms with van der Waals surface area (Å²) in [6, 6.07) is 3.35. The van der Waals surface area contributed by atoms with Crippen LogP contribution in [0.1, 0.15) is 24.7 Å². The van der Waals surface area contributed by atoms with E-state index in [1.807, 2.05) is 0 Å². The van der Waals surface area contributed by atoms with Gasteiger partial charge in [-0.25, -0.2) is 0 Å². The van der Waals surface area contributed by atoms with Gasteiger partial charge in [0.25, 0.3) is 5.91 Å². The van der Waals surface area contributed by atoms with Gasteiger partial charge >= 0.3 is 0 Å². The number of amides is 2. The molecule has 0 aromatic carbocycles. The lowest BCUT2D eigenvalue weighted by Gasteiger charge is -2.20. The zero-order chi connectivity index (χ0) is 14.3. The molecule has 2 amide bonds. The molecule has 0 saturated carbocycles. The summed E-state index contributed by atoms with van der Waals surface area (Å²) < 4.78 is 7.37. The zero-order valence-electron chi connectivity index (χ0n) is 11.5. The summed E-state index contributed by atoms with van der Waals surface area (Å²) in [5.41, 5.74) is 0.526. The molecule has 1 aromatic rings. The molecule has 5 nitrogen and oxygen atoms in total. The van der Waals surface area contributed by atoms with Gasteiger partial charge in [-0.3, -0.25) is 14.6 Å². The van der Waals surface area contributed by atoms with Gasteiger partial charge in [-0.05, 0) is 18.5 Å². The molecule has 98 valence electrons. The minimum Gasteiger partial charge on any atom is -0.336 e. The number of pyridine rings is 1. The number of nitrogens with zero attached hydrogens (tertiary/aromatic N) is 2. The Bertz CT molecular complexity index is 599. The molecule has 1 spiro atoms. The zero-order valence-corrected chi connectivity index (χ0v) is 10.5. The lowest BCUT2D eigenvalue weighted by Crippen LogP contribution is -2.36. The number of carbonyl (C=O) groups is 2. The van der Waals surface area contributed by atoms with Crippen molar-refractivity contribution in [1.82, 2.24) is 15.2 Å². The van der Waals surface area contributed by atoms with Crippen LogP contribution in [-0.4, -0.2) is 34.8 Å². The number of nitrogens with one attached hydrogen (secondary N) is 1. The van der Waals surface area contributed by atoms with Gasteiger partial charge in [0, 0.05) is 31.4 Å². The van der Waals surface area contributed by atoms with Gasteiger partial charge in [0.1, 0.15) is 5.69 Å². The van der Waals surface area contributed by atoms with Crippen LogP contribution < -0.4 is 5.32 Å². The van der Waals surface area contributed by atoms with E-state index in [9.17, 15) is 9.59 Å². The molecule has 1 unspecified atom stereocenters. The molecule has 2 fully saturated rings. The molecule has 2 aliphatic heterocycles. The molecule has 3 rings (SSSR count). The van der Waals surface area contributed by atoms with E-state index in [2.05, 4.69) is 16.9 Å². The largest absolute Gasteiger partial charge is 0.336 e. The van der Waals surface area contributed by atoms with Crippen molar-refractivity contribution in [3.8, 4) is 0 Å². The molecule has 0 radical (unpaired) electrons. The molecule has 5 heteroatoms. The quantitative estimate of drug-likeness (QED) is 0.816. The van der Waals surface area contributed by atoms with Crippen LogP contribution in [0.4, 0.5) is 0 Å². The van der Waals surface area contributed by atoms with Crippen LogP contribution >= 0.6 is 0 Å². The van der Waals surface area contributed by atoms with Crippen LogP contribution in [0.5, 0.6) is 0 Å². The minimum atomic E-state index is -0.512. The maximum absolute atomic E-state index is 12.3. The Kier molecular flexibility index (Phi) is 2.36. The van der Waals surface area contributed by atoms with E-state index in [1.54, 1.807) is 11.0 Å². The van der Waals surface area contributed by atoms with E-state index in [0.29, 0.717) is 31.6 Å². The van der Waals surface area contributed by atoms with Crippen LogP contribution in [0.3, 0.4) is 0 Å². The van der Waals surface area contributed by atoms with Crippen molar-refractivity contribution in [2.24, 2.45) is 5.41 Å². The average molecular weight is 259 g/mol. The number of likely N-dealkylation sites (tertiary alicyclic amines) is 1. The number of hydrogen-bond donors (Lipinski definition) is 1. The number of hydrogen-bond acceptors (Lipinski definition) is 3. The highest BCUT2D eigenvalue weighted by Gasteiger charge is 2.50. The normalized spacial score (nSPS) is 26.7. The van der Waals surface area contributed by atoms with Crippen molar-refractivity contribution >= 4 is 11.8 Å². The summed E-state index contributed by atoms with van der Waals surface area (Å²) in [4.78, 5) is 30.0. The molecule has 19 heavy (non-hydrogen) atoms. The molecule has 1 N–H and O–H groups in total. The van der Waals surface area contributed by atoms with E-state index >= 15 is 0 Å². The van der Waals surface area contributed by atoms with Crippen LogP contribution in [0, 0.1) is 5.41 Å². The van der Waals surface area contributed by atoms with Crippen molar-refractivity contribution in [2.45, 2.75) is 12.8 Å². The van der Waals surface area contributed by atoms with Gasteiger partial charge in [0.05, 0.1) is 6.79 Å². The molecule has 3 heterocycles. The van der Waals surface area contributed by atoms with Crippen LogP contribution in [-0.2, 0) is 4.79 Å². The average Bonchev–Trinajstić information content (AvgIpc) is 2.95. The molecule has 2 saturated heterocycles. The number of carbonyl (C=O) groups excluding carboxylic acids is 2. The summed E-state index contributed by atoms with van der Waals surface area (Å²) in [6.07, 6.45) is 2.60. The van der Waals surface area contributed by atoms with Gasteiger partial charge in [-0.1, -0.05) is 12.6 Å². The maximum atomic E-state index is 12.3. The lowest BCUT2D eigenvalue weighted by atomic mass is 9.85. The van der Waals surface area contributed by atoms with Gasteiger partial charge in [0.2, 0.25) is 5.91 Å². The highest BCUT2D eigenvalue weighted by atomic mass is 16.2. The number of rotatable bonds is 1. The highest BCUT2D eigenvalue weighted by molar-refractivity contribution is 5.94. The Hall–Kier alpha value is -2.17. The first-order chi connectivity index (χ1) is 9.50. The summed E-state index contributed by atoms with van der Waals surface area (Å²) in [5, 5.41) is 2.74. The molecule has 0 aliphatic carbocycles. The monoisotopic (exact) mass is 259 g/mol. The predicted molar refractivity (Wildman–Crippen MR) is 69.1 cm³/mol. The van der Waals surface area contributed by atoms with Crippen molar-refractivity contribution < 1.29 is 11.0 Å². The second kappa shape index (κ2) is 4.19. The molecule has 2 aliphatic rings. The Labute approximate surface area is 112 Å². The van der Waals surface area contributed by atoms with Gasteiger partial charge in [0.15, 0.2) is 0 Å². The van der Waals surface area contributed by atoms with Gasteiger partial charge < -0.3 is 10.2 Å². The maximum Gasteiger partial charge on any atom is 0.272 e. The summed E-state index contributed by atoms with van der Waals surface area (Å²) in [5.74, 6) is -0.223. The molecule has 0 bridgehead atoms. The molecular weight excluding hydrogens is 242 g/mol. The fraction of sp³-hybridized carbons (Fsp3) is 0.357. The minimum absolute atomic E-state index is 0.0349. The first kappa shape index (κ1) is 10.7. The van der Waals surface area contributed by atoms with E-state index in [1.165, 1.54) is 12.3 Å². The second-order valence-electron chi connectivity index (χ2n) is 5.13. The molecule has 1 atom stereocenters. The van der Waals surface area contributed by atoms with Crippen molar-refractivity contribution in [2.75, 3.05) is 13.1 Å². The smallest absolute Gasteiger partial charge is 0.272 e. The van der Waals surface area contributed by atoms with Crippen LogP contribution in [0.25, 0.3) is 0 Å². The summed E-state index contributed by atoms with van der Waals surface area (Å²) in [7, 11) is 0. The van der Waals surface area contributed by atoms with E-state index in [4.69, 9.17) is 1.37 Å². The third-order valence-electron chi connectivity index (χ3n) is 3.80. The standard InChI is InChI=1S/C14H15N3O2/c1-10-8-14(13(19)16-10)5-7-17(9-14)12(18)11-4-2-3-6-15-11/h2-4,6H,1,5,7-9H2,(H,16,19)/i3T. The Morgan fingerprint density at radius 1 is 1.63 bits per heavy atom. The fourth-order valence-corrected chi connectivity index (χ4v) is 2.81. The first-order valence-electron chi connectivity index (χ1n) is 6.71. The highest BCUT2D eigenvalue weighted by Crippen LogP contribution is 2.40. The van der Waals surface area contributed by atoms with Crippen LogP contribution in [0.15, 0.2) is 36.6 Å². The van der Waals surface area contributed by atoms with Gasteiger partial charge in [-0.15, -0.1) is 0 Å². The Morgan fingerprint density at radius 3 is 3.11 bits per heavy atom.